The van der Waals surface area contributed by atoms with Crippen molar-refractivity contribution >= 4 is 5.69 Å². The third-order valence-corrected chi connectivity index (χ3v) is 5.37. The summed E-state index contributed by atoms with van der Waals surface area (Å²) in [5.41, 5.74) is 6.46. The minimum Gasteiger partial charge on any atom is -0.497 e. The zero-order chi connectivity index (χ0) is 16.7. The van der Waals surface area contributed by atoms with Crippen LogP contribution in [0.4, 0.5) is 5.69 Å². The van der Waals surface area contributed by atoms with E-state index in [1.807, 2.05) is 6.07 Å². The van der Waals surface area contributed by atoms with Gasteiger partial charge in [0.15, 0.2) is 0 Å². The van der Waals surface area contributed by atoms with Gasteiger partial charge in [-0.2, -0.15) is 0 Å². The van der Waals surface area contributed by atoms with Crippen LogP contribution >= 0.6 is 0 Å². The predicted molar refractivity (Wildman–Crippen MR) is 96.7 cm³/mol. The summed E-state index contributed by atoms with van der Waals surface area (Å²) in [7, 11) is 1.72. The van der Waals surface area contributed by atoms with Crippen molar-refractivity contribution in [1.29, 1.82) is 0 Å². The van der Waals surface area contributed by atoms with Gasteiger partial charge in [0.2, 0.25) is 0 Å². The molecule has 1 saturated heterocycles. The highest BCUT2D eigenvalue weighted by Gasteiger charge is 2.40. The molecule has 0 saturated carbocycles. The minimum atomic E-state index is 0.185. The average Bonchev–Trinajstić information content (AvgIpc) is 2.61. The molecule has 1 fully saturated rings. The lowest BCUT2D eigenvalue weighted by molar-refractivity contribution is -0.0382. The van der Waals surface area contributed by atoms with E-state index in [-0.39, 0.29) is 12.1 Å². The highest BCUT2D eigenvalue weighted by Crippen LogP contribution is 2.50. The first-order valence-corrected chi connectivity index (χ1v) is 8.80. The Morgan fingerprint density at radius 3 is 2.88 bits per heavy atom. The van der Waals surface area contributed by atoms with Crippen LogP contribution in [0.1, 0.15) is 47.2 Å². The predicted octanol–water partition coefficient (Wildman–Crippen LogP) is 4.95. The van der Waals surface area contributed by atoms with Crippen LogP contribution in [0.25, 0.3) is 0 Å². The normalized spacial score (nSPS) is 25.4. The molecule has 0 spiro atoms. The van der Waals surface area contributed by atoms with Gasteiger partial charge in [-0.05, 0) is 49.9 Å². The summed E-state index contributed by atoms with van der Waals surface area (Å²) in [4.78, 5) is 0. The molecular formula is C21H25NO2. The minimum absolute atomic E-state index is 0.185. The number of hydrogen-bond acceptors (Lipinski definition) is 3. The Bertz CT molecular complexity index is 755. The van der Waals surface area contributed by atoms with Crippen LogP contribution in [-0.4, -0.2) is 13.7 Å². The summed E-state index contributed by atoms with van der Waals surface area (Å²) in [6, 6.07) is 13.2. The standard InChI is InChI=1S/C21H25NO2/c1-13-10-14(2)19-18(11-13)21-17(8-5-9-24-21)20(22-19)15-6-4-7-16(12-15)23-3/h4,6-7,10-12,17,20-22H,5,8-9H2,1-3H3/t17-,20-,21-/m0/s1. The van der Waals surface area contributed by atoms with Crippen LogP contribution in [0.3, 0.4) is 0 Å². The number of hydrogen-bond donors (Lipinski definition) is 1. The molecule has 2 heterocycles. The van der Waals surface area contributed by atoms with Crippen molar-refractivity contribution < 1.29 is 9.47 Å². The molecule has 0 radical (unpaired) electrons. The van der Waals surface area contributed by atoms with Gasteiger partial charge in [-0.3, -0.25) is 0 Å². The molecule has 0 aromatic heterocycles. The number of nitrogens with one attached hydrogen (secondary N) is 1. The van der Waals surface area contributed by atoms with Crippen LogP contribution in [0, 0.1) is 19.8 Å². The van der Waals surface area contributed by atoms with Gasteiger partial charge >= 0.3 is 0 Å². The number of anilines is 1. The largest absolute Gasteiger partial charge is 0.497 e. The van der Waals surface area contributed by atoms with E-state index in [1.165, 1.54) is 34.4 Å². The zero-order valence-electron chi connectivity index (χ0n) is 14.6. The Kier molecular flexibility index (Phi) is 3.97. The first-order chi connectivity index (χ1) is 11.7. The van der Waals surface area contributed by atoms with E-state index in [9.17, 15) is 0 Å². The number of aryl methyl sites for hydroxylation is 2. The molecule has 126 valence electrons. The Morgan fingerprint density at radius 1 is 1.17 bits per heavy atom. The molecule has 3 nitrogen and oxygen atoms in total. The molecule has 3 atom stereocenters. The van der Waals surface area contributed by atoms with Crippen LogP contribution in [0.2, 0.25) is 0 Å². The van der Waals surface area contributed by atoms with Crippen LogP contribution in [-0.2, 0) is 4.74 Å². The molecule has 0 aliphatic carbocycles. The van der Waals surface area contributed by atoms with Gasteiger partial charge in [0.05, 0.1) is 19.3 Å². The molecule has 2 aliphatic heterocycles. The first kappa shape index (κ1) is 15.5. The van der Waals surface area contributed by atoms with Crippen molar-refractivity contribution in [2.45, 2.75) is 38.8 Å². The van der Waals surface area contributed by atoms with Gasteiger partial charge in [-0.15, -0.1) is 0 Å². The molecule has 0 amide bonds. The molecule has 2 aromatic carbocycles. The lowest BCUT2D eigenvalue weighted by Crippen LogP contribution is -2.36. The Morgan fingerprint density at radius 2 is 2.04 bits per heavy atom. The van der Waals surface area contributed by atoms with Crippen molar-refractivity contribution in [1.82, 2.24) is 0 Å². The second-order valence-electron chi connectivity index (χ2n) is 7.04. The monoisotopic (exact) mass is 323 g/mol. The molecule has 0 unspecified atom stereocenters. The first-order valence-electron chi connectivity index (χ1n) is 8.80. The van der Waals surface area contributed by atoms with E-state index in [4.69, 9.17) is 9.47 Å². The summed E-state index contributed by atoms with van der Waals surface area (Å²) in [5.74, 6) is 1.37. The van der Waals surface area contributed by atoms with Crippen molar-refractivity contribution in [2.75, 3.05) is 19.0 Å². The van der Waals surface area contributed by atoms with Crippen LogP contribution in [0.5, 0.6) is 5.75 Å². The van der Waals surface area contributed by atoms with E-state index >= 15 is 0 Å². The quantitative estimate of drug-likeness (QED) is 0.848. The van der Waals surface area contributed by atoms with Gasteiger partial charge in [-0.1, -0.05) is 29.8 Å². The third-order valence-electron chi connectivity index (χ3n) is 5.37. The fourth-order valence-corrected chi connectivity index (χ4v) is 4.32. The average molecular weight is 323 g/mol. The van der Waals surface area contributed by atoms with Crippen molar-refractivity contribution in [3.63, 3.8) is 0 Å². The SMILES string of the molecule is COc1cccc([C@@H]2Nc3c(C)cc(C)cc3[C@H]3OCCC[C@H]32)c1. The maximum absolute atomic E-state index is 6.26. The summed E-state index contributed by atoms with van der Waals surface area (Å²) in [6.45, 7) is 5.21. The summed E-state index contributed by atoms with van der Waals surface area (Å²) >= 11 is 0. The Balaban J connectivity index is 1.80. The topological polar surface area (TPSA) is 30.5 Å². The molecule has 2 aromatic rings. The Labute approximate surface area is 144 Å². The number of methoxy groups -OCH3 is 1. The summed E-state index contributed by atoms with van der Waals surface area (Å²) in [5, 5.41) is 3.82. The number of benzene rings is 2. The lowest BCUT2D eigenvalue weighted by Gasteiger charge is -2.44. The number of rotatable bonds is 2. The molecule has 4 rings (SSSR count). The smallest absolute Gasteiger partial charge is 0.119 e. The molecule has 24 heavy (non-hydrogen) atoms. The second-order valence-corrected chi connectivity index (χ2v) is 7.04. The van der Waals surface area contributed by atoms with Crippen molar-refractivity contribution in [2.24, 2.45) is 5.92 Å². The maximum atomic E-state index is 6.26. The lowest BCUT2D eigenvalue weighted by atomic mass is 9.76. The molecular weight excluding hydrogens is 298 g/mol. The van der Waals surface area contributed by atoms with Crippen molar-refractivity contribution in [3.8, 4) is 5.75 Å². The van der Waals surface area contributed by atoms with E-state index in [0.717, 1.165) is 18.8 Å². The van der Waals surface area contributed by atoms with Gasteiger partial charge in [0.1, 0.15) is 5.75 Å². The van der Waals surface area contributed by atoms with Gasteiger partial charge in [0, 0.05) is 23.8 Å². The third kappa shape index (κ3) is 2.57. The number of ether oxygens (including phenoxy) is 2. The van der Waals surface area contributed by atoms with Crippen LogP contribution < -0.4 is 10.1 Å². The fraction of sp³-hybridized carbons (Fsp3) is 0.429. The summed E-state index contributed by atoms with van der Waals surface area (Å²) in [6.07, 6.45) is 2.50. The molecule has 2 aliphatic rings. The zero-order valence-corrected chi connectivity index (χ0v) is 14.6. The second kappa shape index (κ2) is 6.14. The number of fused-ring (bicyclic) bond motifs is 3. The van der Waals surface area contributed by atoms with Crippen molar-refractivity contribution in [3.05, 3.63) is 58.7 Å². The van der Waals surface area contributed by atoms with Gasteiger partial charge < -0.3 is 14.8 Å². The Hall–Kier alpha value is -2.00. The van der Waals surface area contributed by atoms with E-state index in [1.54, 1.807) is 7.11 Å². The highest BCUT2D eigenvalue weighted by atomic mass is 16.5. The summed E-state index contributed by atoms with van der Waals surface area (Å²) < 4.78 is 11.7. The highest BCUT2D eigenvalue weighted by molar-refractivity contribution is 5.63. The van der Waals surface area contributed by atoms with Gasteiger partial charge in [0.25, 0.3) is 0 Å². The van der Waals surface area contributed by atoms with E-state index in [2.05, 4.69) is 49.5 Å². The van der Waals surface area contributed by atoms with Crippen LogP contribution in [0.15, 0.2) is 36.4 Å². The fourth-order valence-electron chi connectivity index (χ4n) is 4.32. The van der Waals surface area contributed by atoms with Gasteiger partial charge in [-0.25, -0.2) is 0 Å². The molecule has 1 N–H and O–H groups in total. The molecule has 0 bridgehead atoms. The maximum Gasteiger partial charge on any atom is 0.119 e. The molecule has 3 heteroatoms. The van der Waals surface area contributed by atoms with E-state index < -0.39 is 0 Å². The van der Waals surface area contributed by atoms with E-state index in [0.29, 0.717) is 5.92 Å².